The fourth-order valence-corrected chi connectivity index (χ4v) is 2.09. The van der Waals surface area contributed by atoms with Gasteiger partial charge in [-0.3, -0.25) is 9.13 Å². The van der Waals surface area contributed by atoms with Crippen molar-refractivity contribution in [3.05, 3.63) is 34.7 Å². The Hall–Kier alpha value is -1.76. The van der Waals surface area contributed by atoms with Crippen LogP contribution in [0.15, 0.2) is 29.1 Å². The van der Waals surface area contributed by atoms with E-state index in [1.165, 1.54) is 4.57 Å². The molecule has 0 aliphatic rings. The highest BCUT2D eigenvalue weighted by Crippen LogP contribution is 2.15. The number of hydrogen-bond acceptors (Lipinski definition) is 2. The summed E-state index contributed by atoms with van der Waals surface area (Å²) in [6.45, 7) is -0.954. The highest BCUT2D eigenvalue weighted by molar-refractivity contribution is 5.75. The summed E-state index contributed by atoms with van der Waals surface area (Å²) < 4.78 is 43.3. The van der Waals surface area contributed by atoms with Crippen LogP contribution in [0.3, 0.4) is 0 Å². The number of fused-ring (bicyclic) bond motifs is 1. The van der Waals surface area contributed by atoms with E-state index in [2.05, 4.69) is 4.74 Å². The molecule has 0 bridgehead atoms. The average Bonchev–Trinajstić information content (AvgIpc) is 2.62. The second-order valence-corrected chi connectivity index (χ2v) is 4.50. The molecule has 0 fully saturated rings. The lowest BCUT2D eigenvalue weighted by Gasteiger charge is -2.07. The second-order valence-electron chi connectivity index (χ2n) is 4.50. The van der Waals surface area contributed by atoms with Crippen LogP contribution in [0.25, 0.3) is 11.0 Å². The molecule has 1 aromatic carbocycles. The first-order valence-corrected chi connectivity index (χ1v) is 6.19. The van der Waals surface area contributed by atoms with Gasteiger partial charge in [0.1, 0.15) is 6.61 Å². The van der Waals surface area contributed by atoms with Crippen LogP contribution in [0.5, 0.6) is 0 Å². The number of rotatable bonds is 5. The van der Waals surface area contributed by atoms with Crippen molar-refractivity contribution in [2.75, 3.05) is 13.2 Å². The summed E-state index contributed by atoms with van der Waals surface area (Å²) in [5.74, 6) is 0. The van der Waals surface area contributed by atoms with Crippen LogP contribution in [0.2, 0.25) is 0 Å². The minimum Gasteiger partial charge on any atom is -0.372 e. The third-order valence-corrected chi connectivity index (χ3v) is 2.99. The van der Waals surface area contributed by atoms with Gasteiger partial charge in [0.25, 0.3) is 0 Å². The normalized spacial score (nSPS) is 12.2. The molecular formula is C13H15F3N2O2. The Morgan fingerprint density at radius 2 is 1.85 bits per heavy atom. The van der Waals surface area contributed by atoms with Crippen molar-refractivity contribution in [1.29, 1.82) is 0 Å². The number of halogens is 3. The summed E-state index contributed by atoms with van der Waals surface area (Å²) in [4.78, 5) is 12.0. The third kappa shape index (κ3) is 3.22. The molecule has 20 heavy (non-hydrogen) atoms. The molecule has 0 radical (unpaired) electrons. The molecule has 0 saturated heterocycles. The molecule has 0 amide bonds. The summed E-state index contributed by atoms with van der Waals surface area (Å²) in [6, 6.07) is 7.29. The van der Waals surface area contributed by atoms with E-state index in [4.69, 9.17) is 0 Å². The molecule has 0 N–H and O–H groups in total. The Morgan fingerprint density at radius 1 is 1.20 bits per heavy atom. The topological polar surface area (TPSA) is 36.2 Å². The van der Waals surface area contributed by atoms with E-state index in [0.29, 0.717) is 13.0 Å². The van der Waals surface area contributed by atoms with Gasteiger partial charge in [-0.2, -0.15) is 13.2 Å². The fraction of sp³-hybridized carbons (Fsp3) is 0.462. The van der Waals surface area contributed by atoms with Gasteiger partial charge in [0.2, 0.25) is 0 Å². The van der Waals surface area contributed by atoms with E-state index < -0.39 is 12.8 Å². The van der Waals surface area contributed by atoms with Gasteiger partial charge in [-0.15, -0.1) is 0 Å². The average molecular weight is 288 g/mol. The second kappa shape index (κ2) is 5.70. The smallest absolute Gasteiger partial charge is 0.372 e. The van der Waals surface area contributed by atoms with E-state index in [1.807, 2.05) is 24.3 Å². The van der Waals surface area contributed by atoms with Crippen LogP contribution >= 0.6 is 0 Å². The molecule has 0 saturated carbocycles. The first-order valence-electron chi connectivity index (χ1n) is 6.19. The molecular weight excluding hydrogens is 273 g/mol. The number of nitrogens with zero attached hydrogens (tertiary/aromatic N) is 2. The lowest BCUT2D eigenvalue weighted by Crippen LogP contribution is -2.23. The number of ether oxygens (including phenoxy) is 1. The molecule has 0 aliphatic heterocycles. The predicted octanol–water partition coefficient (Wildman–Crippen LogP) is 2.31. The standard InChI is InChI=1S/C13H15F3N2O2/c1-17-10-5-2-3-6-11(10)18(12(17)19)7-4-8-20-9-13(14,15)16/h2-3,5-6H,4,7-9H2,1H3. The van der Waals surface area contributed by atoms with Crippen LogP contribution in [0.1, 0.15) is 6.42 Å². The maximum atomic E-state index is 12.0. The van der Waals surface area contributed by atoms with E-state index in [1.54, 1.807) is 11.6 Å². The van der Waals surface area contributed by atoms with Crippen LogP contribution < -0.4 is 5.69 Å². The lowest BCUT2D eigenvalue weighted by molar-refractivity contribution is -0.174. The van der Waals surface area contributed by atoms with Gasteiger partial charge >= 0.3 is 11.9 Å². The van der Waals surface area contributed by atoms with Gasteiger partial charge in [-0.25, -0.2) is 4.79 Å². The number of alkyl halides is 3. The van der Waals surface area contributed by atoms with Gasteiger partial charge in [-0.1, -0.05) is 12.1 Å². The van der Waals surface area contributed by atoms with Crippen molar-refractivity contribution in [3.8, 4) is 0 Å². The van der Waals surface area contributed by atoms with Gasteiger partial charge < -0.3 is 4.74 Å². The van der Waals surface area contributed by atoms with Gasteiger partial charge in [0, 0.05) is 20.2 Å². The van der Waals surface area contributed by atoms with Crippen molar-refractivity contribution in [3.63, 3.8) is 0 Å². The van der Waals surface area contributed by atoms with Gasteiger partial charge in [0.05, 0.1) is 11.0 Å². The van der Waals surface area contributed by atoms with E-state index in [-0.39, 0.29) is 12.3 Å². The predicted molar refractivity (Wildman–Crippen MR) is 68.7 cm³/mol. The molecule has 1 heterocycles. The molecule has 0 atom stereocenters. The number of hydrogen-bond donors (Lipinski definition) is 0. The Morgan fingerprint density at radius 3 is 2.50 bits per heavy atom. The van der Waals surface area contributed by atoms with Crippen LogP contribution in [-0.4, -0.2) is 28.5 Å². The van der Waals surface area contributed by atoms with E-state index in [9.17, 15) is 18.0 Å². The van der Waals surface area contributed by atoms with Gasteiger partial charge in [0.15, 0.2) is 0 Å². The van der Waals surface area contributed by atoms with E-state index >= 15 is 0 Å². The summed E-state index contributed by atoms with van der Waals surface area (Å²) in [7, 11) is 1.67. The zero-order valence-electron chi connectivity index (χ0n) is 11.0. The van der Waals surface area contributed by atoms with Crippen LogP contribution in [-0.2, 0) is 18.3 Å². The molecule has 2 rings (SSSR count). The maximum absolute atomic E-state index is 12.0. The number of para-hydroxylation sites is 2. The minimum atomic E-state index is -4.31. The molecule has 7 heteroatoms. The highest BCUT2D eigenvalue weighted by Gasteiger charge is 2.27. The van der Waals surface area contributed by atoms with Crippen LogP contribution in [0.4, 0.5) is 13.2 Å². The summed E-state index contributed by atoms with van der Waals surface area (Å²) in [5, 5.41) is 0. The van der Waals surface area contributed by atoms with Crippen LogP contribution in [0, 0.1) is 0 Å². The van der Waals surface area contributed by atoms with E-state index in [0.717, 1.165) is 11.0 Å². The highest BCUT2D eigenvalue weighted by atomic mass is 19.4. The number of imidazole rings is 1. The number of benzene rings is 1. The molecule has 110 valence electrons. The zero-order chi connectivity index (χ0) is 14.8. The number of aryl methyl sites for hydroxylation is 2. The molecule has 4 nitrogen and oxygen atoms in total. The van der Waals surface area contributed by atoms with Gasteiger partial charge in [-0.05, 0) is 18.6 Å². The Balaban J connectivity index is 2.00. The SMILES string of the molecule is Cn1c(=O)n(CCCOCC(F)(F)F)c2ccccc21. The first-order chi connectivity index (χ1) is 9.40. The third-order valence-electron chi connectivity index (χ3n) is 2.99. The maximum Gasteiger partial charge on any atom is 0.411 e. The quantitative estimate of drug-likeness (QED) is 0.792. The molecule has 0 spiro atoms. The minimum absolute atomic E-state index is 0.0326. The Bertz CT molecular complexity index is 643. The Labute approximate surface area is 113 Å². The van der Waals surface area contributed by atoms with Crippen molar-refractivity contribution in [2.24, 2.45) is 7.05 Å². The zero-order valence-corrected chi connectivity index (χ0v) is 11.0. The molecule has 0 unspecified atom stereocenters. The summed E-state index contributed by atoms with van der Waals surface area (Å²) in [5.41, 5.74) is 1.39. The van der Waals surface area contributed by atoms with Crippen molar-refractivity contribution < 1.29 is 17.9 Å². The molecule has 0 aliphatic carbocycles. The Kier molecular flexibility index (Phi) is 4.17. The monoisotopic (exact) mass is 288 g/mol. The van der Waals surface area contributed by atoms with Crippen molar-refractivity contribution in [2.45, 2.75) is 19.1 Å². The van der Waals surface area contributed by atoms with Crippen molar-refractivity contribution in [1.82, 2.24) is 9.13 Å². The molecule has 2 aromatic rings. The fourth-order valence-electron chi connectivity index (χ4n) is 2.09. The summed E-state index contributed by atoms with van der Waals surface area (Å²) in [6.07, 6.45) is -3.96. The largest absolute Gasteiger partial charge is 0.411 e. The number of aromatic nitrogens is 2. The van der Waals surface area contributed by atoms with Crippen molar-refractivity contribution >= 4 is 11.0 Å². The lowest BCUT2D eigenvalue weighted by atomic mass is 10.3. The molecule has 1 aromatic heterocycles. The summed E-state index contributed by atoms with van der Waals surface area (Å²) >= 11 is 0. The first kappa shape index (κ1) is 14.6.